The van der Waals surface area contributed by atoms with Crippen LogP contribution in [0.4, 0.5) is 35.3 Å². The molecule has 0 radical (unpaired) electrons. The molecule has 2 aromatic heterocycles. The van der Waals surface area contributed by atoms with Gasteiger partial charge < -0.3 is 10.2 Å². The summed E-state index contributed by atoms with van der Waals surface area (Å²) < 4.78 is 42.6. The SMILES string of the molecule is O=C(Nc1cccc(CF)c1)Nc1cnc2ccc(N3CCC[C@@H]3c3cc(F)ccc3F)nn12. The van der Waals surface area contributed by atoms with Crippen molar-refractivity contribution in [2.75, 3.05) is 22.1 Å². The molecule has 10 heteroatoms. The summed E-state index contributed by atoms with van der Waals surface area (Å²) in [5.74, 6) is -0.0758. The molecule has 1 saturated heterocycles. The first-order valence-corrected chi connectivity index (χ1v) is 10.8. The van der Waals surface area contributed by atoms with Crippen LogP contribution in [0.3, 0.4) is 0 Å². The molecule has 174 valence electrons. The Morgan fingerprint density at radius 2 is 1.97 bits per heavy atom. The van der Waals surface area contributed by atoms with Gasteiger partial charge in [-0.25, -0.2) is 22.9 Å². The molecule has 7 nitrogen and oxygen atoms in total. The topological polar surface area (TPSA) is 74.6 Å². The summed E-state index contributed by atoms with van der Waals surface area (Å²) in [6.07, 6.45) is 2.93. The van der Waals surface area contributed by atoms with Crippen LogP contribution in [-0.2, 0) is 6.67 Å². The monoisotopic (exact) mass is 466 g/mol. The van der Waals surface area contributed by atoms with Crippen molar-refractivity contribution in [2.24, 2.45) is 0 Å². The van der Waals surface area contributed by atoms with E-state index in [1.54, 1.807) is 36.4 Å². The number of imidazole rings is 1. The maximum Gasteiger partial charge on any atom is 0.324 e. The summed E-state index contributed by atoms with van der Waals surface area (Å²) in [6, 6.07) is 12.6. The van der Waals surface area contributed by atoms with Crippen molar-refractivity contribution < 1.29 is 18.0 Å². The van der Waals surface area contributed by atoms with Crippen LogP contribution < -0.4 is 15.5 Å². The van der Waals surface area contributed by atoms with Gasteiger partial charge in [-0.3, -0.25) is 5.32 Å². The molecule has 0 aliphatic carbocycles. The predicted octanol–water partition coefficient (Wildman–Crippen LogP) is 5.46. The fraction of sp³-hybridized carbons (Fsp3) is 0.208. The molecule has 0 unspecified atom stereocenters. The Morgan fingerprint density at radius 3 is 2.82 bits per heavy atom. The molecular weight excluding hydrogens is 445 g/mol. The normalized spacial score (nSPS) is 15.6. The van der Waals surface area contributed by atoms with Crippen molar-refractivity contribution in [3.05, 3.63) is 83.6 Å². The summed E-state index contributed by atoms with van der Waals surface area (Å²) in [5.41, 5.74) is 1.70. The number of halogens is 3. The summed E-state index contributed by atoms with van der Waals surface area (Å²) in [6.45, 7) is -0.00387. The average Bonchev–Trinajstić information content (AvgIpc) is 3.48. The first-order valence-electron chi connectivity index (χ1n) is 10.8. The average molecular weight is 466 g/mol. The number of carbonyl (C=O) groups is 1. The van der Waals surface area contributed by atoms with Crippen LogP contribution in [0.15, 0.2) is 60.8 Å². The minimum absolute atomic E-state index is 0.290. The Bertz CT molecular complexity index is 1360. The molecule has 2 aromatic carbocycles. The second-order valence-corrected chi connectivity index (χ2v) is 8.04. The third-order valence-corrected chi connectivity index (χ3v) is 5.79. The maximum absolute atomic E-state index is 14.4. The molecule has 0 saturated carbocycles. The van der Waals surface area contributed by atoms with Gasteiger partial charge in [0.25, 0.3) is 0 Å². The van der Waals surface area contributed by atoms with E-state index < -0.39 is 24.3 Å². The number of alkyl halides is 1. The van der Waals surface area contributed by atoms with E-state index in [2.05, 4.69) is 20.7 Å². The molecule has 4 aromatic rings. The molecule has 2 N–H and O–H groups in total. The van der Waals surface area contributed by atoms with Gasteiger partial charge in [-0.1, -0.05) is 12.1 Å². The fourth-order valence-electron chi connectivity index (χ4n) is 4.25. The van der Waals surface area contributed by atoms with Crippen LogP contribution in [0.2, 0.25) is 0 Å². The lowest BCUT2D eigenvalue weighted by Gasteiger charge is -2.26. The highest BCUT2D eigenvalue weighted by atomic mass is 19.1. The van der Waals surface area contributed by atoms with Crippen molar-refractivity contribution in [3.8, 4) is 0 Å². The Morgan fingerprint density at radius 1 is 1.09 bits per heavy atom. The van der Waals surface area contributed by atoms with E-state index in [0.29, 0.717) is 47.1 Å². The zero-order chi connectivity index (χ0) is 23.7. The highest BCUT2D eigenvalue weighted by molar-refractivity contribution is 5.99. The lowest BCUT2D eigenvalue weighted by molar-refractivity contribution is 0.262. The standard InChI is InChI=1S/C24H21F3N6O/c25-13-15-3-1-4-17(11-15)29-24(34)30-23-14-28-21-8-9-22(31-33(21)23)32-10-2-5-20(32)18-12-16(26)6-7-19(18)27/h1,3-4,6-9,11-12,14,20H,2,5,10,13H2,(H2,29,30,34)/t20-/m1/s1. The van der Waals surface area contributed by atoms with Gasteiger partial charge in [0.2, 0.25) is 0 Å². The Hall–Kier alpha value is -4.08. The third kappa shape index (κ3) is 4.26. The van der Waals surface area contributed by atoms with Crippen molar-refractivity contribution in [2.45, 2.75) is 25.6 Å². The largest absolute Gasteiger partial charge is 0.348 e. The van der Waals surface area contributed by atoms with Gasteiger partial charge in [0.05, 0.1) is 12.2 Å². The van der Waals surface area contributed by atoms with E-state index >= 15 is 0 Å². The van der Waals surface area contributed by atoms with Gasteiger partial charge >= 0.3 is 6.03 Å². The molecule has 3 heterocycles. The van der Waals surface area contributed by atoms with Crippen LogP contribution in [-0.4, -0.2) is 27.2 Å². The zero-order valence-electron chi connectivity index (χ0n) is 18.0. The molecule has 1 fully saturated rings. The summed E-state index contributed by atoms with van der Waals surface area (Å²) in [4.78, 5) is 18.7. The smallest absolute Gasteiger partial charge is 0.324 e. The molecule has 0 spiro atoms. The van der Waals surface area contributed by atoms with Crippen LogP contribution in [0.5, 0.6) is 0 Å². The van der Waals surface area contributed by atoms with Crippen LogP contribution >= 0.6 is 0 Å². The first-order chi connectivity index (χ1) is 16.5. The number of carbonyl (C=O) groups excluding carboxylic acids is 1. The molecule has 1 atom stereocenters. The highest BCUT2D eigenvalue weighted by Crippen LogP contribution is 2.36. The van der Waals surface area contributed by atoms with Gasteiger partial charge in [0.15, 0.2) is 11.5 Å². The molecule has 2 amide bonds. The van der Waals surface area contributed by atoms with Crippen molar-refractivity contribution in [1.82, 2.24) is 14.6 Å². The third-order valence-electron chi connectivity index (χ3n) is 5.79. The number of hydrogen-bond acceptors (Lipinski definition) is 4. The lowest BCUT2D eigenvalue weighted by Crippen LogP contribution is -2.25. The highest BCUT2D eigenvalue weighted by Gasteiger charge is 2.30. The van der Waals surface area contributed by atoms with Gasteiger partial charge in [-0.2, -0.15) is 4.52 Å². The van der Waals surface area contributed by atoms with Gasteiger partial charge in [-0.15, -0.1) is 5.10 Å². The Balaban J connectivity index is 1.39. The number of urea groups is 1. The number of benzene rings is 2. The van der Waals surface area contributed by atoms with Crippen LogP contribution in [0.25, 0.3) is 5.65 Å². The number of nitrogens with zero attached hydrogens (tertiary/aromatic N) is 4. The predicted molar refractivity (Wildman–Crippen MR) is 123 cm³/mol. The maximum atomic E-state index is 14.4. The van der Waals surface area contributed by atoms with E-state index in [1.165, 1.54) is 16.8 Å². The van der Waals surface area contributed by atoms with Gasteiger partial charge in [0, 0.05) is 17.8 Å². The van der Waals surface area contributed by atoms with Crippen molar-refractivity contribution >= 4 is 29.0 Å². The molecule has 0 bridgehead atoms. The van der Waals surface area contributed by atoms with Crippen LogP contribution in [0.1, 0.15) is 30.0 Å². The quantitative estimate of drug-likeness (QED) is 0.410. The lowest BCUT2D eigenvalue weighted by atomic mass is 10.0. The van der Waals surface area contributed by atoms with Crippen LogP contribution in [0, 0.1) is 11.6 Å². The Labute approximate surface area is 193 Å². The number of rotatable bonds is 5. The summed E-state index contributed by atoms with van der Waals surface area (Å²) >= 11 is 0. The number of anilines is 3. The Kier molecular flexibility index (Phi) is 5.79. The summed E-state index contributed by atoms with van der Waals surface area (Å²) in [7, 11) is 0. The first kappa shape index (κ1) is 21.7. The second kappa shape index (κ2) is 9.05. The van der Waals surface area contributed by atoms with E-state index in [0.717, 1.165) is 18.6 Å². The summed E-state index contributed by atoms with van der Waals surface area (Å²) in [5, 5.41) is 9.95. The number of fused-ring (bicyclic) bond motifs is 1. The second-order valence-electron chi connectivity index (χ2n) is 8.04. The molecule has 34 heavy (non-hydrogen) atoms. The van der Waals surface area contributed by atoms with E-state index in [9.17, 15) is 18.0 Å². The molecule has 1 aliphatic rings. The van der Waals surface area contributed by atoms with E-state index in [1.807, 2.05) is 4.90 Å². The minimum atomic E-state index is -0.631. The van der Waals surface area contributed by atoms with E-state index in [-0.39, 0.29) is 6.04 Å². The van der Waals surface area contributed by atoms with Crippen molar-refractivity contribution in [3.63, 3.8) is 0 Å². The molecule has 5 rings (SSSR count). The van der Waals surface area contributed by atoms with Gasteiger partial charge in [-0.05, 0) is 60.9 Å². The minimum Gasteiger partial charge on any atom is -0.348 e. The number of amides is 2. The zero-order valence-corrected chi connectivity index (χ0v) is 18.0. The fourth-order valence-corrected chi connectivity index (χ4v) is 4.25. The van der Waals surface area contributed by atoms with Gasteiger partial charge in [0.1, 0.15) is 24.1 Å². The van der Waals surface area contributed by atoms with E-state index in [4.69, 9.17) is 0 Å². The number of hydrogen-bond donors (Lipinski definition) is 2. The molecule has 1 aliphatic heterocycles. The number of nitrogens with one attached hydrogen (secondary N) is 2. The molecular formula is C24H21F3N6O. The number of aromatic nitrogens is 3. The van der Waals surface area contributed by atoms with Crippen molar-refractivity contribution in [1.29, 1.82) is 0 Å².